The Bertz CT molecular complexity index is 1230. The van der Waals surface area contributed by atoms with Gasteiger partial charge in [-0.1, -0.05) is 60.3 Å². The molecule has 0 bridgehead atoms. The fraction of sp³-hybridized carbons (Fsp3) is 0.174. The summed E-state index contributed by atoms with van der Waals surface area (Å²) in [5, 5.41) is 2.55. The maximum absolute atomic E-state index is 13.0. The lowest BCUT2D eigenvalue weighted by atomic mass is 10.1. The van der Waals surface area contributed by atoms with Crippen LogP contribution in [0.3, 0.4) is 0 Å². The van der Waals surface area contributed by atoms with Gasteiger partial charge in [0.15, 0.2) is 5.16 Å². The van der Waals surface area contributed by atoms with E-state index in [2.05, 4.69) is 0 Å². The van der Waals surface area contributed by atoms with Gasteiger partial charge in [-0.15, -0.1) is 11.3 Å². The molecule has 0 spiro atoms. The van der Waals surface area contributed by atoms with Gasteiger partial charge >= 0.3 is 0 Å². The number of nitrogens with zero attached hydrogens (tertiary/aromatic N) is 3. The van der Waals surface area contributed by atoms with Gasteiger partial charge in [0.25, 0.3) is 5.56 Å². The molecule has 0 aliphatic carbocycles. The van der Waals surface area contributed by atoms with Gasteiger partial charge in [0, 0.05) is 30.2 Å². The molecule has 0 unspecified atom stereocenters. The van der Waals surface area contributed by atoms with Crippen LogP contribution in [0.5, 0.6) is 0 Å². The predicted molar refractivity (Wildman–Crippen MR) is 126 cm³/mol. The highest BCUT2D eigenvalue weighted by molar-refractivity contribution is 7.99. The zero-order chi connectivity index (χ0) is 21.1. The summed E-state index contributed by atoms with van der Waals surface area (Å²) in [5.74, 6) is 0.158. The van der Waals surface area contributed by atoms with E-state index < -0.39 is 0 Å². The normalized spacial score (nSPS) is 11.0. The monoisotopic (exact) mass is 435 g/mol. The molecule has 0 saturated carbocycles. The molecule has 2 aromatic carbocycles. The Kier molecular flexibility index (Phi) is 6.01. The lowest BCUT2D eigenvalue weighted by Gasteiger charge is -2.17. The highest BCUT2D eigenvalue weighted by Gasteiger charge is 2.18. The van der Waals surface area contributed by atoms with Gasteiger partial charge in [-0.2, -0.15) is 0 Å². The summed E-state index contributed by atoms with van der Waals surface area (Å²) in [6, 6.07) is 19.4. The van der Waals surface area contributed by atoms with Gasteiger partial charge in [0.2, 0.25) is 5.91 Å². The number of rotatable bonds is 6. The van der Waals surface area contributed by atoms with E-state index in [0.717, 1.165) is 16.8 Å². The summed E-state index contributed by atoms with van der Waals surface area (Å²) in [6.45, 7) is 2.42. The third-order valence-corrected chi connectivity index (χ3v) is 6.80. The standard InChI is InChI=1S/C23H21N3O2S2/c1-3-26-22(28)21-20(18(14-29-21)16-10-6-4-7-11-16)24-23(26)30-15-19(27)25(2)17-12-8-5-9-13-17/h4-14H,3,15H2,1-2H3. The molecule has 1 amide bonds. The zero-order valence-corrected chi connectivity index (χ0v) is 18.4. The van der Waals surface area contributed by atoms with Gasteiger partial charge in [-0.05, 0) is 24.6 Å². The van der Waals surface area contributed by atoms with Gasteiger partial charge in [-0.3, -0.25) is 14.2 Å². The van der Waals surface area contributed by atoms with Crippen molar-refractivity contribution in [1.82, 2.24) is 9.55 Å². The molecular weight excluding hydrogens is 414 g/mol. The van der Waals surface area contributed by atoms with Crippen LogP contribution < -0.4 is 10.5 Å². The molecule has 0 fully saturated rings. The molecule has 7 heteroatoms. The minimum Gasteiger partial charge on any atom is -0.315 e. The maximum atomic E-state index is 13.0. The summed E-state index contributed by atoms with van der Waals surface area (Å²) in [4.78, 5) is 32.2. The van der Waals surface area contributed by atoms with Crippen LogP contribution in [0.4, 0.5) is 5.69 Å². The fourth-order valence-electron chi connectivity index (χ4n) is 3.21. The number of hydrogen-bond donors (Lipinski definition) is 0. The van der Waals surface area contributed by atoms with Crippen molar-refractivity contribution in [2.45, 2.75) is 18.6 Å². The van der Waals surface area contributed by atoms with Crippen LogP contribution in [-0.4, -0.2) is 28.3 Å². The Morgan fingerprint density at radius 2 is 1.77 bits per heavy atom. The molecule has 2 aromatic heterocycles. The summed E-state index contributed by atoms with van der Waals surface area (Å²) in [5.41, 5.74) is 3.46. The molecule has 30 heavy (non-hydrogen) atoms. The molecule has 0 aliphatic rings. The molecule has 4 rings (SSSR count). The number of para-hydroxylation sites is 1. The van der Waals surface area contributed by atoms with E-state index in [9.17, 15) is 9.59 Å². The Hall–Kier alpha value is -2.90. The number of fused-ring (bicyclic) bond motifs is 1. The van der Waals surface area contributed by atoms with E-state index >= 15 is 0 Å². The molecule has 5 nitrogen and oxygen atoms in total. The van der Waals surface area contributed by atoms with Crippen LogP contribution >= 0.6 is 23.1 Å². The van der Waals surface area contributed by atoms with Crippen molar-refractivity contribution >= 4 is 44.9 Å². The molecule has 0 aliphatic heterocycles. The molecule has 0 atom stereocenters. The number of aromatic nitrogens is 2. The van der Waals surface area contributed by atoms with Crippen molar-refractivity contribution in [1.29, 1.82) is 0 Å². The molecule has 0 radical (unpaired) electrons. The lowest BCUT2D eigenvalue weighted by Crippen LogP contribution is -2.28. The van der Waals surface area contributed by atoms with E-state index in [1.165, 1.54) is 23.1 Å². The summed E-state index contributed by atoms with van der Waals surface area (Å²) in [7, 11) is 1.76. The number of carbonyl (C=O) groups is 1. The van der Waals surface area contributed by atoms with Crippen LogP contribution in [0, 0.1) is 0 Å². The number of thioether (sulfide) groups is 1. The highest BCUT2D eigenvalue weighted by Crippen LogP contribution is 2.32. The van der Waals surface area contributed by atoms with E-state index in [1.807, 2.05) is 73.0 Å². The van der Waals surface area contributed by atoms with E-state index in [1.54, 1.807) is 16.5 Å². The number of anilines is 1. The number of amides is 1. The minimum absolute atomic E-state index is 0.0446. The third kappa shape index (κ3) is 3.91. The molecule has 2 heterocycles. The van der Waals surface area contributed by atoms with Gasteiger partial charge in [0.05, 0.1) is 11.3 Å². The third-order valence-electron chi connectivity index (χ3n) is 4.89. The Morgan fingerprint density at radius 3 is 2.43 bits per heavy atom. The minimum atomic E-state index is -0.0546. The molecular formula is C23H21N3O2S2. The molecule has 0 saturated heterocycles. The second-order valence-electron chi connectivity index (χ2n) is 6.71. The highest BCUT2D eigenvalue weighted by atomic mass is 32.2. The maximum Gasteiger partial charge on any atom is 0.272 e. The van der Waals surface area contributed by atoms with E-state index in [4.69, 9.17) is 4.98 Å². The van der Waals surface area contributed by atoms with Gasteiger partial charge in [0.1, 0.15) is 4.70 Å². The van der Waals surface area contributed by atoms with Crippen LogP contribution in [0.15, 0.2) is 76.0 Å². The zero-order valence-electron chi connectivity index (χ0n) is 16.7. The summed E-state index contributed by atoms with van der Waals surface area (Å²) in [6.07, 6.45) is 0. The van der Waals surface area contributed by atoms with Crippen molar-refractivity contribution in [3.05, 3.63) is 76.4 Å². The van der Waals surface area contributed by atoms with Crippen LogP contribution in [0.25, 0.3) is 21.3 Å². The molecule has 4 aromatic rings. The van der Waals surface area contributed by atoms with Crippen LogP contribution in [-0.2, 0) is 11.3 Å². The SMILES string of the molecule is CCn1c(SCC(=O)N(C)c2ccccc2)nc2c(-c3ccccc3)csc2c1=O. The average Bonchev–Trinajstić information content (AvgIpc) is 3.22. The lowest BCUT2D eigenvalue weighted by molar-refractivity contribution is -0.115. The first kappa shape index (κ1) is 20.4. The topological polar surface area (TPSA) is 55.2 Å². The Morgan fingerprint density at radius 1 is 1.10 bits per heavy atom. The van der Waals surface area contributed by atoms with Crippen molar-refractivity contribution in [3.63, 3.8) is 0 Å². The number of carbonyl (C=O) groups excluding carboxylic acids is 1. The van der Waals surface area contributed by atoms with Crippen molar-refractivity contribution in [2.24, 2.45) is 0 Å². The number of benzene rings is 2. The second kappa shape index (κ2) is 8.85. The van der Waals surface area contributed by atoms with Crippen LogP contribution in [0.1, 0.15) is 6.92 Å². The van der Waals surface area contributed by atoms with Crippen molar-refractivity contribution in [2.75, 3.05) is 17.7 Å². The quantitative estimate of drug-likeness (QED) is 0.319. The van der Waals surface area contributed by atoms with E-state index in [-0.39, 0.29) is 17.2 Å². The first-order chi connectivity index (χ1) is 14.6. The summed E-state index contributed by atoms with van der Waals surface area (Å²) >= 11 is 2.72. The van der Waals surface area contributed by atoms with Crippen molar-refractivity contribution < 1.29 is 4.79 Å². The summed E-state index contributed by atoms with van der Waals surface area (Å²) < 4.78 is 2.29. The van der Waals surface area contributed by atoms with Gasteiger partial charge in [-0.25, -0.2) is 4.98 Å². The van der Waals surface area contributed by atoms with Gasteiger partial charge < -0.3 is 4.90 Å². The fourth-order valence-corrected chi connectivity index (χ4v) is 5.14. The van der Waals surface area contributed by atoms with E-state index in [0.29, 0.717) is 21.9 Å². The Labute approximate surface area is 183 Å². The largest absolute Gasteiger partial charge is 0.315 e. The van der Waals surface area contributed by atoms with Crippen molar-refractivity contribution in [3.8, 4) is 11.1 Å². The van der Waals surface area contributed by atoms with Crippen LogP contribution in [0.2, 0.25) is 0 Å². The Balaban J connectivity index is 1.66. The average molecular weight is 436 g/mol. The number of thiophene rings is 1. The molecule has 0 N–H and O–H groups in total. The predicted octanol–water partition coefficient (Wildman–Crippen LogP) is 4.90. The molecule has 152 valence electrons. The first-order valence-corrected chi connectivity index (χ1v) is 11.5. The smallest absolute Gasteiger partial charge is 0.272 e. The number of hydrogen-bond acceptors (Lipinski definition) is 5. The first-order valence-electron chi connectivity index (χ1n) is 9.62. The second-order valence-corrected chi connectivity index (χ2v) is 8.54.